The molecule has 57 heavy (non-hydrogen) atoms. The third kappa shape index (κ3) is 12.6. The summed E-state index contributed by atoms with van der Waals surface area (Å²) < 4.78 is 0. The van der Waals surface area contributed by atoms with Crippen LogP contribution in [0.25, 0.3) is 5.70 Å². The van der Waals surface area contributed by atoms with Crippen molar-refractivity contribution in [2.45, 2.75) is 102 Å². The van der Waals surface area contributed by atoms with Gasteiger partial charge in [-0.25, -0.2) is 0 Å². The Morgan fingerprint density at radius 2 is 1.30 bits per heavy atom. The Kier molecular flexibility index (Phi) is 16.1. The minimum atomic E-state index is -1.00. The molecule has 3 aromatic rings. The molecule has 2 aliphatic heterocycles. The molecule has 5 atom stereocenters. The van der Waals surface area contributed by atoms with Gasteiger partial charge in [-0.3, -0.25) is 19.2 Å². The molecule has 2 heterocycles. The smallest absolute Gasteiger partial charge is 0.245 e. The predicted octanol–water partition coefficient (Wildman–Crippen LogP) is 2.60. The van der Waals surface area contributed by atoms with Crippen LogP contribution in [0.15, 0.2) is 97.2 Å². The second-order valence-electron chi connectivity index (χ2n) is 15.5. The summed E-state index contributed by atoms with van der Waals surface area (Å²) in [4.78, 5) is 59.3. The Hall–Kier alpha value is -5.24. The van der Waals surface area contributed by atoms with Crippen LogP contribution >= 0.6 is 0 Å². The third-order valence-electron chi connectivity index (χ3n) is 10.6. The molecule has 13 nitrogen and oxygen atoms in total. The van der Waals surface area contributed by atoms with E-state index < -0.39 is 48.2 Å². The van der Waals surface area contributed by atoms with Crippen molar-refractivity contribution in [1.29, 1.82) is 0 Å². The van der Waals surface area contributed by atoms with E-state index >= 15 is 0 Å². The molecule has 306 valence electrons. The van der Waals surface area contributed by atoms with E-state index in [0.717, 1.165) is 22.4 Å². The van der Waals surface area contributed by atoms with E-state index in [1.54, 1.807) is 4.90 Å². The second kappa shape index (κ2) is 21.3. The predicted molar refractivity (Wildman–Crippen MR) is 221 cm³/mol. The van der Waals surface area contributed by atoms with Crippen molar-refractivity contribution in [2.24, 2.45) is 17.4 Å². The van der Waals surface area contributed by atoms with E-state index in [1.165, 1.54) is 0 Å². The number of likely N-dealkylation sites (tertiary alicyclic amines) is 1. The Labute approximate surface area is 336 Å². The summed E-state index contributed by atoms with van der Waals surface area (Å²) >= 11 is 0. The van der Waals surface area contributed by atoms with Gasteiger partial charge < -0.3 is 47.6 Å². The first-order chi connectivity index (χ1) is 27.5. The molecule has 0 bridgehead atoms. The van der Waals surface area contributed by atoms with Crippen LogP contribution < -0.4 is 32.7 Å². The zero-order valence-electron chi connectivity index (χ0n) is 33.2. The molecule has 4 amide bonds. The summed E-state index contributed by atoms with van der Waals surface area (Å²) in [6.45, 7) is 5.29. The lowest BCUT2D eigenvalue weighted by molar-refractivity contribution is -0.139. The fourth-order valence-electron chi connectivity index (χ4n) is 7.45. The van der Waals surface area contributed by atoms with Crippen molar-refractivity contribution >= 4 is 29.3 Å². The molecule has 13 heteroatoms. The molecule has 9 N–H and O–H groups in total. The number of nitrogens with one attached hydrogen (secondary N) is 4. The molecule has 3 aromatic carbocycles. The zero-order chi connectivity index (χ0) is 40.7. The minimum absolute atomic E-state index is 0.0193. The number of hydrogen-bond donors (Lipinski definition) is 7. The molecule has 0 spiro atoms. The van der Waals surface area contributed by atoms with Crippen LogP contribution in [0.5, 0.6) is 0 Å². The van der Waals surface area contributed by atoms with Gasteiger partial charge in [-0.2, -0.15) is 0 Å². The lowest BCUT2D eigenvalue weighted by Gasteiger charge is -2.39. The number of aliphatic hydroxyl groups excluding tert-OH is 1. The van der Waals surface area contributed by atoms with Gasteiger partial charge in [0.1, 0.15) is 18.1 Å². The number of carbonyl (C=O) groups excluding carboxylic acids is 4. The summed E-state index contributed by atoms with van der Waals surface area (Å²) in [6.07, 6.45) is 4.89. The molecule has 1 fully saturated rings. The molecule has 0 aliphatic carbocycles. The van der Waals surface area contributed by atoms with Crippen molar-refractivity contribution in [3.05, 3.63) is 114 Å². The van der Waals surface area contributed by atoms with Crippen molar-refractivity contribution < 1.29 is 24.3 Å². The number of carbonyl (C=O) groups is 4. The van der Waals surface area contributed by atoms with E-state index in [-0.39, 0.29) is 24.3 Å². The van der Waals surface area contributed by atoms with Gasteiger partial charge in [0.2, 0.25) is 30.0 Å². The number of unbranched alkanes of at least 4 members (excludes halogenated alkanes) is 1. The highest BCUT2D eigenvalue weighted by Crippen LogP contribution is 2.26. The van der Waals surface area contributed by atoms with Crippen LogP contribution in [0.3, 0.4) is 0 Å². The van der Waals surface area contributed by atoms with Crippen molar-refractivity contribution in [3.8, 4) is 0 Å². The maximum atomic E-state index is 14.1. The number of hydrogen-bond acceptors (Lipinski definition) is 9. The van der Waals surface area contributed by atoms with Gasteiger partial charge in [0.05, 0.1) is 11.7 Å². The fourth-order valence-corrected chi connectivity index (χ4v) is 7.45. The van der Waals surface area contributed by atoms with Crippen LogP contribution in [-0.4, -0.2) is 94.7 Å². The molecular weight excluding hydrogens is 721 g/mol. The first kappa shape index (κ1) is 42.9. The van der Waals surface area contributed by atoms with E-state index in [9.17, 15) is 24.3 Å². The number of aliphatic hydroxyl groups is 1. The Morgan fingerprint density at radius 3 is 1.89 bits per heavy atom. The SMILES string of the molecule is CC(C)C[C@@H](NC(=O)[C@@H](Cc1ccccc1)NC(=O)[C@H](N)Cc1ccccc1)C(=O)N[C@H](CCCCN)C(=O)N1CCC(N2C=C(c3ccccc3)NC2O)CC1. The number of rotatable bonds is 19. The summed E-state index contributed by atoms with van der Waals surface area (Å²) in [5.41, 5.74) is 15.7. The summed E-state index contributed by atoms with van der Waals surface area (Å²) in [5, 5.41) is 22.7. The maximum Gasteiger partial charge on any atom is 0.245 e. The van der Waals surface area contributed by atoms with Gasteiger partial charge in [-0.05, 0) is 74.1 Å². The van der Waals surface area contributed by atoms with Crippen LogP contribution in [0.4, 0.5) is 0 Å². The van der Waals surface area contributed by atoms with Crippen molar-refractivity contribution in [2.75, 3.05) is 19.6 Å². The molecule has 0 aromatic heterocycles. The highest BCUT2D eigenvalue weighted by atomic mass is 16.3. The normalized spacial score (nSPS) is 17.9. The molecule has 1 unspecified atom stereocenters. The Morgan fingerprint density at radius 1 is 0.754 bits per heavy atom. The van der Waals surface area contributed by atoms with Gasteiger partial charge in [0, 0.05) is 31.8 Å². The van der Waals surface area contributed by atoms with E-state index in [4.69, 9.17) is 11.5 Å². The molecular formula is C44H60N8O5. The molecule has 5 rings (SSSR count). The first-order valence-electron chi connectivity index (χ1n) is 20.2. The minimum Gasteiger partial charge on any atom is -0.356 e. The number of piperidine rings is 1. The lowest BCUT2D eigenvalue weighted by atomic mass is 9.99. The second-order valence-corrected chi connectivity index (χ2v) is 15.5. The topological polar surface area (TPSA) is 195 Å². The zero-order valence-corrected chi connectivity index (χ0v) is 33.2. The fraction of sp³-hybridized carbons (Fsp3) is 0.455. The lowest BCUT2D eigenvalue weighted by Crippen LogP contribution is -2.59. The van der Waals surface area contributed by atoms with Gasteiger partial charge in [0.15, 0.2) is 0 Å². The number of amides is 4. The Bertz CT molecular complexity index is 1770. The summed E-state index contributed by atoms with van der Waals surface area (Å²) in [7, 11) is 0. The highest BCUT2D eigenvalue weighted by molar-refractivity contribution is 5.95. The standard InChI is InChI=1S/C44H60N8O5/c1-30(2)26-37(49-42(55)38(28-32-16-8-4-9-17-32)48-40(53)35(46)27-31-14-6-3-7-15-31)41(54)47-36(20-12-13-23-45)43(56)51-24-21-34(22-25-51)52-29-39(50-44(52)57)33-18-10-5-11-19-33/h3-11,14-19,29-30,34-38,44,50,57H,12-13,20-28,45-46H2,1-2H3,(H,47,54)(H,48,53)(H,49,55)/t35-,36-,37-,38-,44?/m1/s1. The molecule has 0 radical (unpaired) electrons. The third-order valence-corrected chi connectivity index (χ3v) is 10.6. The van der Waals surface area contributed by atoms with Gasteiger partial charge in [-0.1, -0.05) is 105 Å². The number of nitrogens with two attached hydrogens (primary N) is 2. The number of nitrogens with zero attached hydrogens (tertiary/aromatic N) is 2. The Balaban J connectivity index is 1.25. The highest BCUT2D eigenvalue weighted by Gasteiger charge is 2.36. The van der Waals surface area contributed by atoms with Crippen LogP contribution in [0.1, 0.15) is 69.1 Å². The average molecular weight is 781 g/mol. The number of benzene rings is 3. The van der Waals surface area contributed by atoms with E-state index in [0.29, 0.717) is 64.6 Å². The monoisotopic (exact) mass is 780 g/mol. The van der Waals surface area contributed by atoms with Crippen molar-refractivity contribution in [1.82, 2.24) is 31.1 Å². The van der Waals surface area contributed by atoms with Gasteiger partial charge in [0.25, 0.3) is 0 Å². The quantitative estimate of drug-likeness (QED) is 0.0896. The van der Waals surface area contributed by atoms with Crippen molar-refractivity contribution in [3.63, 3.8) is 0 Å². The van der Waals surface area contributed by atoms with Crippen LogP contribution in [0, 0.1) is 5.92 Å². The van der Waals surface area contributed by atoms with Crippen LogP contribution in [0.2, 0.25) is 0 Å². The average Bonchev–Trinajstić information content (AvgIpc) is 3.61. The molecule has 0 saturated carbocycles. The van der Waals surface area contributed by atoms with Gasteiger partial charge >= 0.3 is 0 Å². The molecule has 2 aliphatic rings. The van der Waals surface area contributed by atoms with Crippen LogP contribution in [-0.2, 0) is 32.0 Å². The summed E-state index contributed by atoms with van der Waals surface area (Å²) in [5.74, 6) is -1.61. The largest absolute Gasteiger partial charge is 0.356 e. The maximum absolute atomic E-state index is 14.1. The summed E-state index contributed by atoms with van der Waals surface area (Å²) in [6, 6.07) is 24.9. The first-order valence-corrected chi connectivity index (χ1v) is 20.2. The van der Waals surface area contributed by atoms with E-state index in [2.05, 4.69) is 21.3 Å². The molecule has 1 saturated heterocycles. The van der Waals surface area contributed by atoms with E-state index in [1.807, 2.05) is 116 Å². The van der Waals surface area contributed by atoms with Gasteiger partial charge in [-0.15, -0.1) is 0 Å².